The molecule has 31 heavy (non-hydrogen) atoms. The SMILES string of the molecule is CCCCc1ccc(N2C[C@@H](C(=O)OCC(=O)Nc3cc(Cl)cc(Cl)c3)CC2=O)cc1. The number of unbranched alkanes of at least 4 members (excludes halogenated alkanes) is 1. The highest BCUT2D eigenvalue weighted by atomic mass is 35.5. The van der Waals surface area contributed by atoms with Gasteiger partial charge in [-0.15, -0.1) is 0 Å². The Kier molecular flexibility index (Phi) is 7.93. The van der Waals surface area contributed by atoms with Crippen LogP contribution in [0.25, 0.3) is 0 Å². The first-order valence-corrected chi connectivity index (χ1v) is 10.9. The average Bonchev–Trinajstić information content (AvgIpc) is 3.12. The van der Waals surface area contributed by atoms with Gasteiger partial charge in [0.2, 0.25) is 5.91 Å². The fraction of sp³-hybridized carbons (Fsp3) is 0.348. The summed E-state index contributed by atoms with van der Waals surface area (Å²) in [7, 11) is 0. The van der Waals surface area contributed by atoms with Crippen molar-refractivity contribution in [3.8, 4) is 0 Å². The molecule has 1 aliphatic heterocycles. The Labute approximate surface area is 191 Å². The maximum Gasteiger partial charge on any atom is 0.311 e. The van der Waals surface area contributed by atoms with Gasteiger partial charge in [-0.1, -0.05) is 48.7 Å². The van der Waals surface area contributed by atoms with E-state index in [1.807, 2.05) is 24.3 Å². The van der Waals surface area contributed by atoms with E-state index in [2.05, 4.69) is 12.2 Å². The first-order valence-electron chi connectivity index (χ1n) is 10.2. The molecule has 2 amide bonds. The molecule has 8 heteroatoms. The standard InChI is InChI=1S/C23H24Cl2N2O4/c1-2-3-4-15-5-7-20(8-6-15)27-13-16(9-22(27)29)23(30)31-14-21(28)26-19-11-17(24)10-18(25)12-19/h5-8,10-12,16H,2-4,9,13-14H2,1H3,(H,26,28)/t16-/m0/s1. The lowest BCUT2D eigenvalue weighted by molar-refractivity contribution is -0.151. The van der Waals surface area contributed by atoms with E-state index in [0.717, 1.165) is 24.9 Å². The van der Waals surface area contributed by atoms with Crippen molar-refractivity contribution >= 4 is 52.4 Å². The van der Waals surface area contributed by atoms with Crippen LogP contribution in [-0.4, -0.2) is 30.9 Å². The van der Waals surface area contributed by atoms with Gasteiger partial charge in [0, 0.05) is 34.4 Å². The number of aryl methyl sites for hydroxylation is 1. The number of hydrogen-bond acceptors (Lipinski definition) is 4. The monoisotopic (exact) mass is 462 g/mol. The molecule has 0 bridgehead atoms. The largest absolute Gasteiger partial charge is 0.455 e. The van der Waals surface area contributed by atoms with Crippen LogP contribution in [0, 0.1) is 5.92 Å². The molecule has 0 aromatic heterocycles. The van der Waals surface area contributed by atoms with E-state index < -0.39 is 24.4 Å². The number of anilines is 2. The zero-order valence-corrected chi connectivity index (χ0v) is 18.7. The number of amides is 2. The van der Waals surface area contributed by atoms with Gasteiger partial charge in [-0.25, -0.2) is 0 Å². The molecule has 1 heterocycles. The molecule has 1 aliphatic rings. The van der Waals surface area contributed by atoms with Crippen LogP contribution in [0.3, 0.4) is 0 Å². The highest BCUT2D eigenvalue weighted by Crippen LogP contribution is 2.27. The molecular formula is C23H24Cl2N2O4. The molecule has 2 aromatic rings. The molecule has 0 radical (unpaired) electrons. The zero-order valence-electron chi connectivity index (χ0n) is 17.2. The molecular weight excluding hydrogens is 439 g/mol. The van der Waals surface area contributed by atoms with Gasteiger partial charge in [0.15, 0.2) is 6.61 Å². The van der Waals surface area contributed by atoms with Crippen LogP contribution in [0.15, 0.2) is 42.5 Å². The van der Waals surface area contributed by atoms with Crippen LogP contribution in [0.4, 0.5) is 11.4 Å². The molecule has 1 saturated heterocycles. The summed E-state index contributed by atoms with van der Waals surface area (Å²) >= 11 is 11.8. The number of halogens is 2. The lowest BCUT2D eigenvalue weighted by Gasteiger charge is -2.17. The third-order valence-corrected chi connectivity index (χ3v) is 5.45. The second-order valence-electron chi connectivity index (χ2n) is 7.49. The number of esters is 1. The molecule has 1 N–H and O–H groups in total. The molecule has 0 unspecified atom stereocenters. The second kappa shape index (κ2) is 10.6. The molecule has 0 saturated carbocycles. The van der Waals surface area contributed by atoms with Gasteiger partial charge in [-0.2, -0.15) is 0 Å². The van der Waals surface area contributed by atoms with Crippen molar-refractivity contribution in [1.82, 2.24) is 0 Å². The van der Waals surface area contributed by atoms with Gasteiger partial charge in [-0.3, -0.25) is 14.4 Å². The average molecular weight is 463 g/mol. The van der Waals surface area contributed by atoms with Gasteiger partial charge in [0.25, 0.3) is 5.91 Å². The van der Waals surface area contributed by atoms with E-state index in [9.17, 15) is 14.4 Å². The molecule has 0 spiro atoms. The number of carbonyl (C=O) groups excluding carboxylic acids is 3. The second-order valence-corrected chi connectivity index (χ2v) is 8.36. The highest BCUT2D eigenvalue weighted by Gasteiger charge is 2.36. The van der Waals surface area contributed by atoms with Crippen molar-refractivity contribution in [2.24, 2.45) is 5.92 Å². The lowest BCUT2D eigenvalue weighted by Crippen LogP contribution is -2.28. The summed E-state index contributed by atoms with van der Waals surface area (Å²) in [4.78, 5) is 38.4. The highest BCUT2D eigenvalue weighted by molar-refractivity contribution is 6.35. The Morgan fingerprint density at radius 2 is 1.81 bits per heavy atom. The molecule has 1 atom stereocenters. The van der Waals surface area contributed by atoms with E-state index in [4.69, 9.17) is 27.9 Å². The van der Waals surface area contributed by atoms with E-state index >= 15 is 0 Å². The number of benzene rings is 2. The van der Waals surface area contributed by atoms with Crippen LogP contribution in [0.5, 0.6) is 0 Å². The quantitative estimate of drug-likeness (QED) is 0.567. The van der Waals surface area contributed by atoms with E-state index in [1.54, 1.807) is 11.0 Å². The number of hydrogen-bond donors (Lipinski definition) is 1. The van der Waals surface area contributed by atoms with E-state index in [0.29, 0.717) is 15.7 Å². The third-order valence-electron chi connectivity index (χ3n) is 5.02. The van der Waals surface area contributed by atoms with Gasteiger partial charge >= 0.3 is 5.97 Å². The Morgan fingerprint density at radius 1 is 1.13 bits per heavy atom. The van der Waals surface area contributed by atoms with Crippen LogP contribution in [0.2, 0.25) is 10.0 Å². The van der Waals surface area contributed by atoms with Gasteiger partial charge in [0.05, 0.1) is 5.92 Å². The molecule has 6 nitrogen and oxygen atoms in total. The number of nitrogens with zero attached hydrogens (tertiary/aromatic N) is 1. The maximum atomic E-state index is 12.4. The molecule has 1 fully saturated rings. The number of carbonyl (C=O) groups is 3. The van der Waals surface area contributed by atoms with Crippen molar-refractivity contribution in [2.75, 3.05) is 23.4 Å². The van der Waals surface area contributed by atoms with Crippen LogP contribution < -0.4 is 10.2 Å². The Balaban J connectivity index is 1.51. The van der Waals surface area contributed by atoms with Gasteiger partial charge in [0.1, 0.15) is 0 Å². The van der Waals surface area contributed by atoms with Gasteiger partial charge in [-0.05, 0) is 48.7 Å². The van der Waals surface area contributed by atoms with Crippen molar-refractivity contribution in [1.29, 1.82) is 0 Å². The summed E-state index contributed by atoms with van der Waals surface area (Å²) in [5.74, 6) is -1.84. The maximum absolute atomic E-state index is 12.4. The van der Waals surface area contributed by atoms with E-state index in [1.165, 1.54) is 17.7 Å². The Bertz CT molecular complexity index is 942. The first kappa shape index (κ1) is 23.1. The molecule has 2 aromatic carbocycles. The summed E-state index contributed by atoms with van der Waals surface area (Å²) in [5.41, 5.74) is 2.39. The van der Waals surface area contributed by atoms with Crippen LogP contribution in [0.1, 0.15) is 31.7 Å². The predicted molar refractivity (Wildman–Crippen MR) is 122 cm³/mol. The van der Waals surface area contributed by atoms with Crippen LogP contribution in [-0.2, 0) is 25.5 Å². The number of ether oxygens (including phenoxy) is 1. The smallest absolute Gasteiger partial charge is 0.311 e. The predicted octanol–water partition coefficient (Wildman–Crippen LogP) is 4.87. The van der Waals surface area contributed by atoms with Crippen molar-refractivity contribution in [3.63, 3.8) is 0 Å². The summed E-state index contributed by atoms with van der Waals surface area (Å²) in [6.45, 7) is 1.92. The number of rotatable bonds is 8. The minimum Gasteiger partial charge on any atom is -0.455 e. The fourth-order valence-corrected chi connectivity index (χ4v) is 3.94. The zero-order chi connectivity index (χ0) is 22.4. The molecule has 164 valence electrons. The first-order chi connectivity index (χ1) is 14.9. The lowest BCUT2D eigenvalue weighted by atomic mass is 10.1. The van der Waals surface area contributed by atoms with Crippen molar-refractivity contribution in [3.05, 3.63) is 58.1 Å². The van der Waals surface area contributed by atoms with Crippen molar-refractivity contribution in [2.45, 2.75) is 32.6 Å². The summed E-state index contributed by atoms with van der Waals surface area (Å²) in [6.07, 6.45) is 3.31. The fourth-order valence-electron chi connectivity index (χ4n) is 3.42. The Hall–Kier alpha value is -2.57. The topological polar surface area (TPSA) is 75.7 Å². The summed E-state index contributed by atoms with van der Waals surface area (Å²) < 4.78 is 5.12. The third kappa shape index (κ3) is 6.45. The Morgan fingerprint density at radius 3 is 2.45 bits per heavy atom. The van der Waals surface area contributed by atoms with Gasteiger partial charge < -0.3 is 15.0 Å². The number of nitrogens with one attached hydrogen (secondary N) is 1. The van der Waals surface area contributed by atoms with E-state index in [-0.39, 0.29) is 18.9 Å². The normalized spacial score (nSPS) is 15.8. The van der Waals surface area contributed by atoms with Crippen LogP contribution >= 0.6 is 23.2 Å². The van der Waals surface area contributed by atoms with Crippen molar-refractivity contribution < 1.29 is 19.1 Å². The minimum absolute atomic E-state index is 0.0575. The minimum atomic E-state index is -0.610. The summed E-state index contributed by atoms with van der Waals surface area (Å²) in [5, 5.41) is 3.33. The molecule has 0 aliphatic carbocycles. The molecule has 3 rings (SSSR count). The summed E-state index contributed by atoms with van der Waals surface area (Å²) in [6, 6.07) is 12.4.